The van der Waals surface area contributed by atoms with Gasteiger partial charge in [0.1, 0.15) is 11.6 Å². The molecule has 2 heterocycles. The van der Waals surface area contributed by atoms with Gasteiger partial charge in [0.2, 0.25) is 5.88 Å². The van der Waals surface area contributed by atoms with E-state index in [4.69, 9.17) is 9.15 Å². The molecule has 172 valence electrons. The van der Waals surface area contributed by atoms with Crippen LogP contribution in [0.5, 0.6) is 11.6 Å². The highest BCUT2D eigenvalue weighted by Gasteiger charge is 2.23. The van der Waals surface area contributed by atoms with Gasteiger partial charge in [0.05, 0.1) is 35.9 Å². The molecule has 4 rings (SSSR count). The normalized spacial score (nSPS) is 12.3. The van der Waals surface area contributed by atoms with Crippen molar-refractivity contribution >= 4 is 0 Å². The summed E-state index contributed by atoms with van der Waals surface area (Å²) in [5, 5.41) is 14.7. The molecule has 0 spiro atoms. The van der Waals surface area contributed by atoms with E-state index in [-0.39, 0.29) is 5.75 Å². The maximum Gasteiger partial charge on any atom is 0.227 e. The minimum atomic E-state index is -0.809. The second-order valence-corrected chi connectivity index (χ2v) is 7.89. The lowest BCUT2D eigenvalue weighted by atomic mass is 10.2. The predicted molar refractivity (Wildman–Crippen MR) is 119 cm³/mol. The number of rotatable bonds is 9. The summed E-state index contributed by atoms with van der Waals surface area (Å²) in [4.78, 5) is 2.00. The molecule has 6 nitrogen and oxygen atoms in total. The van der Waals surface area contributed by atoms with Gasteiger partial charge in [0.15, 0.2) is 11.6 Å². The van der Waals surface area contributed by atoms with Gasteiger partial charge in [-0.1, -0.05) is 18.2 Å². The molecule has 0 amide bonds. The first-order valence-corrected chi connectivity index (χ1v) is 10.6. The first-order valence-electron chi connectivity index (χ1n) is 10.6. The molecule has 1 N–H and O–H groups in total. The van der Waals surface area contributed by atoms with Crippen LogP contribution in [-0.2, 0) is 13.1 Å². The quantitative estimate of drug-likeness (QED) is 0.376. The molecule has 0 bridgehead atoms. The van der Waals surface area contributed by atoms with E-state index in [0.29, 0.717) is 31.2 Å². The molecule has 8 heteroatoms. The van der Waals surface area contributed by atoms with Gasteiger partial charge in [-0.25, -0.2) is 13.5 Å². The molecule has 0 saturated carbocycles. The molecular weight excluding hydrogens is 428 g/mol. The number of aromatic nitrogens is 2. The van der Waals surface area contributed by atoms with Crippen LogP contribution in [0, 0.1) is 18.6 Å². The maximum absolute atomic E-state index is 14.4. The summed E-state index contributed by atoms with van der Waals surface area (Å²) in [6, 6.07) is 16.2. The van der Waals surface area contributed by atoms with Gasteiger partial charge in [-0.3, -0.25) is 4.90 Å². The Labute approximate surface area is 190 Å². The molecule has 0 unspecified atom stereocenters. The predicted octanol–water partition coefficient (Wildman–Crippen LogP) is 5.23. The minimum absolute atomic E-state index is 0.108. The number of aliphatic hydroxyl groups excluding tert-OH is 1. The smallest absolute Gasteiger partial charge is 0.227 e. The molecule has 0 aliphatic heterocycles. The van der Waals surface area contributed by atoms with Crippen molar-refractivity contribution in [2.45, 2.75) is 33.0 Å². The highest BCUT2D eigenvalue weighted by Crippen LogP contribution is 2.33. The highest BCUT2D eigenvalue weighted by atomic mass is 19.1. The standard InChI is InChI=1S/C25H25F2N3O3/c1-17(31)14-29(15-21-9-6-12-32-21)16-22-18(2)28-30(20-7-4-3-5-8-20)25(22)33-24-11-10-19(26)13-23(24)27/h3-13,17,31H,14-16H2,1-2H3/t17-/m1/s1. The van der Waals surface area contributed by atoms with E-state index in [1.165, 1.54) is 6.07 Å². The van der Waals surface area contributed by atoms with E-state index in [0.717, 1.165) is 29.1 Å². The fourth-order valence-corrected chi connectivity index (χ4v) is 3.64. The maximum atomic E-state index is 14.4. The lowest BCUT2D eigenvalue weighted by Gasteiger charge is -2.23. The first-order chi connectivity index (χ1) is 15.9. The Balaban J connectivity index is 1.75. The molecule has 2 aromatic carbocycles. The summed E-state index contributed by atoms with van der Waals surface area (Å²) in [6.07, 6.45) is 1.02. The first kappa shape index (κ1) is 22.7. The van der Waals surface area contributed by atoms with Crippen LogP contribution in [0.2, 0.25) is 0 Å². The van der Waals surface area contributed by atoms with Gasteiger partial charge in [-0.2, -0.15) is 5.10 Å². The highest BCUT2D eigenvalue weighted by molar-refractivity contribution is 5.43. The van der Waals surface area contributed by atoms with Gasteiger partial charge >= 0.3 is 0 Å². The molecule has 0 aliphatic carbocycles. The Hall–Kier alpha value is -3.49. The summed E-state index contributed by atoms with van der Waals surface area (Å²) in [5.74, 6) is -0.539. The molecule has 1 atom stereocenters. The van der Waals surface area contributed by atoms with E-state index in [9.17, 15) is 13.9 Å². The molecule has 0 fully saturated rings. The SMILES string of the molecule is Cc1nn(-c2ccccc2)c(Oc2ccc(F)cc2F)c1CN(Cc1ccco1)C[C@@H](C)O. The van der Waals surface area contributed by atoms with E-state index < -0.39 is 17.7 Å². The Morgan fingerprint density at radius 1 is 1.09 bits per heavy atom. The molecule has 0 radical (unpaired) electrons. The molecule has 0 saturated heterocycles. The Kier molecular flexibility index (Phi) is 6.86. The minimum Gasteiger partial charge on any atom is -0.468 e. The van der Waals surface area contributed by atoms with E-state index in [1.54, 1.807) is 23.9 Å². The zero-order valence-corrected chi connectivity index (χ0v) is 18.4. The van der Waals surface area contributed by atoms with Crippen molar-refractivity contribution < 1.29 is 23.0 Å². The van der Waals surface area contributed by atoms with Crippen molar-refractivity contribution in [1.82, 2.24) is 14.7 Å². The van der Waals surface area contributed by atoms with Crippen molar-refractivity contribution in [3.05, 3.63) is 95.6 Å². The van der Waals surface area contributed by atoms with E-state index in [1.807, 2.05) is 48.2 Å². The lowest BCUT2D eigenvalue weighted by Crippen LogP contribution is -2.30. The van der Waals surface area contributed by atoms with Crippen LogP contribution in [0.15, 0.2) is 71.3 Å². The summed E-state index contributed by atoms with van der Waals surface area (Å²) in [5.41, 5.74) is 2.14. The third-order valence-electron chi connectivity index (χ3n) is 5.10. The number of ether oxygens (including phenoxy) is 1. The molecule has 33 heavy (non-hydrogen) atoms. The average molecular weight is 453 g/mol. The Morgan fingerprint density at radius 3 is 2.55 bits per heavy atom. The van der Waals surface area contributed by atoms with Crippen LogP contribution in [0.25, 0.3) is 5.69 Å². The number of hydrogen-bond donors (Lipinski definition) is 1. The molecular formula is C25H25F2N3O3. The summed E-state index contributed by atoms with van der Waals surface area (Å²) >= 11 is 0. The van der Waals surface area contributed by atoms with Crippen LogP contribution < -0.4 is 4.74 Å². The second kappa shape index (κ2) is 9.97. The number of para-hydroxylation sites is 1. The van der Waals surface area contributed by atoms with Gasteiger partial charge in [-0.05, 0) is 50.2 Å². The Bertz CT molecular complexity index is 1190. The zero-order chi connectivity index (χ0) is 23.4. The average Bonchev–Trinajstić information content (AvgIpc) is 3.39. The van der Waals surface area contributed by atoms with Crippen LogP contribution in [0.1, 0.15) is 23.9 Å². The topological polar surface area (TPSA) is 63.7 Å². The van der Waals surface area contributed by atoms with E-state index in [2.05, 4.69) is 5.10 Å². The van der Waals surface area contributed by atoms with Gasteiger partial charge in [0.25, 0.3) is 0 Å². The van der Waals surface area contributed by atoms with Gasteiger partial charge in [-0.15, -0.1) is 0 Å². The number of aryl methyl sites for hydroxylation is 1. The van der Waals surface area contributed by atoms with Crippen molar-refractivity contribution in [3.8, 4) is 17.3 Å². The van der Waals surface area contributed by atoms with Crippen LogP contribution in [-0.4, -0.2) is 32.4 Å². The monoisotopic (exact) mass is 453 g/mol. The fraction of sp³-hybridized carbons (Fsp3) is 0.240. The number of nitrogens with zero attached hydrogens (tertiary/aromatic N) is 3. The van der Waals surface area contributed by atoms with Crippen LogP contribution in [0.4, 0.5) is 8.78 Å². The third kappa shape index (κ3) is 5.47. The Morgan fingerprint density at radius 2 is 1.88 bits per heavy atom. The van der Waals surface area contributed by atoms with Crippen molar-refractivity contribution in [3.63, 3.8) is 0 Å². The van der Waals surface area contributed by atoms with Crippen molar-refractivity contribution in [1.29, 1.82) is 0 Å². The van der Waals surface area contributed by atoms with Crippen LogP contribution in [0.3, 0.4) is 0 Å². The number of halogens is 2. The fourth-order valence-electron chi connectivity index (χ4n) is 3.64. The van der Waals surface area contributed by atoms with Crippen molar-refractivity contribution in [2.24, 2.45) is 0 Å². The molecule has 2 aromatic heterocycles. The molecule has 4 aromatic rings. The number of hydrogen-bond acceptors (Lipinski definition) is 5. The van der Waals surface area contributed by atoms with Gasteiger partial charge in [0, 0.05) is 19.2 Å². The largest absolute Gasteiger partial charge is 0.468 e. The van der Waals surface area contributed by atoms with Gasteiger partial charge < -0.3 is 14.3 Å². The summed E-state index contributed by atoms with van der Waals surface area (Å²) in [7, 11) is 0. The second-order valence-electron chi connectivity index (χ2n) is 7.89. The number of benzene rings is 2. The zero-order valence-electron chi connectivity index (χ0n) is 18.4. The number of aliphatic hydroxyl groups is 1. The lowest BCUT2D eigenvalue weighted by molar-refractivity contribution is 0.112. The third-order valence-corrected chi connectivity index (χ3v) is 5.10. The number of furan rings is 1. The van der Waals surface area contributed by atoms with E-state index >= 15 is 0 Å². The summed E-state index contributed by atoms with van der Waals surface area (Å²) in [6.45, 7) is 4.75. The summed E-state index contributed by atoms with van der Waals surface area (Å²) < 4.78 is 40.9. The van der Waals surface area contributed by atoms with Crippen molar-refractivity contribution in [2.75, 3.05) is 6.54 Å². The molecule has 0 aliphatic rings. The van der Waals surface area contributed by atoms with Crippen LogP contribution >= 0.6 is 0 Å².